The monoisotopic (exact) mass is 577 g/mol. The van der Waals surface area contributed by atoms with Gasteiger partial charge >= 0.3 is 0 Å². The van der Waals surface area contributed by atoms with Gasteiger partial charge in [0.15, 0.2) is 5.76 Å². The number of carbonyl (C=O) groups excluding carboxylic acids is 2. The molecule has 4 unspecified atom stereocenters. The molecule has 12 heteroatoms. The van der Waals surface area contributed by atoms with Crippen LogP contribution in [0.15, 0.2) is 28.7 Å². The molecule has 0 saturated carbocycles. The summed E-state index contributed by atoms with van der Waals surface area (Å²) in [5.74, 6) is -1.48. The molecular weight excluding hydrogens is 537 g/mol. The van der Waals surface area contributed by atoms with E-state index in [1.165, 1.54) is 19.1 Å². The summed E-state index contributed by atoms with van der Waals surface area (Å²) in [6.45, 7) is 6.49. The minimum absolute atomic E-state index is 0.00381. The Labute approximate surface area is 239 Å². The summed E-state index contributed by atoms with van der Waals surface area (Å²) in [7, 11) is 4.93. The molecular formula is C29H40FN3O8. The van der Waals surface area contributed by atoms with Crippen molar-refractivity contribution in [2.45, 2.75) is 56.5 Å². The van der Waals surface area contributed by atoms with E-state index in [2.05, 4.69) is 10.2 Å². The maximum atomic E-state index is 14.9. The molecule has 41 heavy (non-hydrogen) atoms. The predicted molar refractivity (Wildman–Crippen MR) is 147 cm³/mol. The van der Waals surface area contributed by atoms with Crippen molar-refractivity contribution in [2.75, 3.05) is 60.7 Å². The first kappa shape index (κ1) is 29.7. The van der Waals surface area contributed by atoms with Crippen molar-refractivity contribution in [3.63, 3.8) is 0 Å². The number of alkyl halides is 1. The summed E-state index contributed by atoms with van der Waals surface area (Å²) in [5.41, 5.74) is 0.513. The number of ether oxygens (including phenoxy) is 5. The number of nitrogens with one attached hydrogen (secondary N) is 1. The van der Waals surface area contributed by atoms with Crippen LogP contribution in [-0.4, -0.2) is 119 Å². The topological polar surface area (TPSA) is 112 Å². The Balaban J connectivity index is 1.29. The first-order valence-electron chi connectivity index (χ1n) is 14.1. The van der Waals surface area contributed by atoms with Crippen LogP contribution in [0, 0.1) is 5.92 Å². The maximum Gasteiger partial charge on any atom is 0.287 e. The number of hydrogen-bond donors (Lipinski definition) is 1. The molecule has 1 aromatic carbocycles. The summed E-state index contributed by atoms with van der Waals surface area (Å²) in [6, 6.07) is 5.25. The van der Waals surface area contributed by atoms with E-state index < -0.39 is 42.0 Å². The van der Waals surface area contributed by atoms with E-state index in [1.54, 1.807) is 24.3 Å². The van der Waals surface area contributed by atoms with E-state index in [9.17, 15) is 14.0 Å². The van der Waals surface area contributed by atoms with Gasteiger partial charge in [0.1, 0.15) is 55.0 Å². The van der Waals surface area contributed by atoms with Gasteiger partial charge in [-0.25, -0.2) is 4.39 Å². The Bertz CT molecular complexity index is 1230. The number of benzene rings is 1. The number of methoxy groups -OCH3 is 2. The number of hydrogen-bond acceptors (Lipinski definition) is 9. The van der Waals surface area contributed by atoms with Crippen LogP contribution >= 0.6 is 0 Å². The van der Waals surface area contributed by atoms with E-state index in [0.717, 1.165) is 13.1 Å². The second-order valence-corrected chi connectivity index (χ2v) is 11.5. The van der Waals surface area contributed by atoms with E-state index in [1.807, 2.05) is 20.9 Å². The molecule has 2 amide bonds. The van der Waals surface area contributed by atoms with E-state index in [0.29, 0.717) is 36.4 Å². The first-order valence-corrected chi connectivity index (χ1v) is 14.1. The van der Waals surface area contributed by atoms with Crippen molar-refractivity contribution in [3.05, 3.63) is 30.0 Å². The summed E-state index contributed by atoms with van der Waals surface area (Å²) in [6.07, 6.45) is -1.94. The Kier molecular flexibility index (Phi) is 8.86. The summed E-state index contributed by atoms with van der Waals surface area (Å²) in [5, 5.41) is 3.52. The Morgan fingerprint density at radius 2 is 1.95 bits per heavy atom. The van der Waals surface area contributed by atoms with Crippen LogP contribution in [0.3, 0.4) is 0 Å². The molecule has 0 radical (unpaired) electrons. The van der Waals surface area contributed by atoms with Crippen LogP contribution in [0.25, 0.3) is 11.0 Å². The molecule has 4 heterocycles. The van der Waals surface area contributed by atoms with Crippen molar-refractivity contribution in [2.24, 2.45) is 5.92 Å². The third kappa shape index (κ3) is 6.07. The van der Waals surface area contributed by atoms with Gasteiger partial charge in [-0.15, -0.1) is 0 Å². The van der Waals surface area contributed by atoms with Gasteiger partial charge in [-0.1, -0.05) is 13.8 Å². The minimum Gasteiger partial charge on any atom is -0.491 e. The smallest absolute Gasteiger partial charge is 0.287 e. The molecule has 226 valence electrons. The van der Waals surface area contributed by atoms with Crippen molar-refractivity contribution < 1.29 is 42.1 Å². The Hall–Kier alpha value is -2.77. The lowest BCUT2D eigenvalue weighted by Crippen LogP contribution is -2.58. The normalized spacial score (nSPS) is 26.9. The van der Waals surface area contributed by atoms with Crippen LogP contribution in [0.5, 0.6) is 5.75 Å². The van der Waals surface area contributed by atoms with Gasteiger partial charge in [0.2, 0.25) is 11.7 Å². The molecule has 3 aliphatic heterocycles. The number of fused-ring (bicyclic) bond motifs is 2. The molecule has 5 atom stereocenters. The van der Waals surface area contributed by atoms with Gasteiger partial charge in [-0.3, -0.25) is 9.59 Å². The highest BCUT2D eigenvalue weighted by molar-refractivity contribution is 5.99. The fourth-order valence-corrected chi connectivity index (χ4v) is 5.93. The zero-order valence-electron chi connectivity index (χ0n) is 24.3. The number of nitrogens with zero attached hydrogens (tertiary/aromatic N) is 2. The highest BCUT2D eigenvalue weighted by Gasteiger charge is 2.62. The number of furan rings is 1. The van der Waals surface area contributed by atoms with Gasteiger partial charge in [0, 0.05) is 32.7 Å². The molecule has 0 aliphatic carbocycles. The molecule has 0 spiro atoms. The third-order valence-electron chi connectivity index (χ3n) is 8.08. The fraction of sp³-hybridized carbons (Fsp3) is 0.655. The third-order valence-corrected chi connectivity index (χ3v) is 8.08. The number of likely N-dealkylation sites (N-methyl/N-ethyl adjacent to an activating group) is 1. The lowest BCUT2D eigenvalue weighted by Gasteiger charge is -2.37. The van der Waals surface area contributed by atoms with Crippen LogP contribution < -0.4 is 10.1 Å². The van der Waals surface area contributed by atoms with Crippen LogP contribution in [0.2, 0.25) is 0 Å². The van der Waals surface area contributed by atoms with Crippen molar-refractivity contribution >= 4 is 22.8 Å². The number of halogens is 1. The van der Waals surface area contributed by atoms with Gasteiger partial charge in [-0.05, 0) is 43.7 Å². The second kappa shape index (κ2) is 12.2. The molecule has 1 N–H and O–H groups in total. The first-order chi connectivity index (χ1) is 19.6. The average Bonchev–Trinajstić information content (AvgIpc) is 3.64. The standard InChI is InChI=1S/C29H40FN3O8/c1-17(2)10-22(28(35)33-14-21(30)25-26(33)29(36-4,37-5)16-40-25)31-27(34)24-12-18-11-19(6-7-23(18)41-24)39-15-20-13-32(3)8-9-38-20/h6-7,11-12,17,20-22,25-26H,8-10,13-16H2,1-5H3,(H,31,34)/t20?,21-,22?,25?,26?/m0/s1. The quantitative estimate of drug-likeness (QED) is 0.425. The number of morpholine rings is 1. The molecule has 2 aromatic rings. The molecule has 3 saturated heterocycles. The second-order valence-electron chi connectivity index (χ2n) is 11.5. The van der Waals surface area contributed by atoms with Crippen LogP contribution in [0.4, 0.5) is 4.39 Å². The van der Waals surface area contributed by atoms with E-state index in [4.69, 9.17) is 28.1 Å². The molecule has 1 aromatic heterocycles. The number of likely N-dealkylation sites (tertiary alicyclic amines) is 1. The molecule has 11 nitrogen and oxygen atoms in total. The lowest BCUT2D eigenvalue weighted by molar-refractivity contribution is -0.227. The zero-order valence-corrected chi connectivity index (χ0v) is 24.3. The zero-order chi connectivity index (χ0) is 29.3. The van der Waals surface area contributed by atoms with Crippen LogP contribution in [-0.2, 0) is 23.7 Å². The predicted octanol–water partition coefficient (Wildman–Crippen LogP) is 2.22. The number of amides is 2. The molecule has 5 rings (SSSR count). The highest BCUT2D eigenvalue weighted by atomic mass is 19.1. The van der Waals surface area contributed by atoms with E-state index >= 15 is 0 Å². The molecule has 3 aliphatic rings. The number of carbonyl (C=O) groups is 2. The number of rotatable bonds is 10. The summed E-state index contributed by atoms with van der Waals surface area (Å²) >= 11 is 0. The summed E-state index contributed by atoms with van der Waals surface area (Å²) in [4.78, 5) is 30.7. The van der Waals surface area contributed by atoms with Gasteiger partial charge < -0.3 is 43.2 Å². The average molecular weight is 578 g/mol. The maximum absolute atomic E-state index is 14.9. The molecule has 0 bridgehead atoms. The van der Waals surface area contributed by atoms with Gasteiger partial charge in [0.05, 0.1) is 13.2 Å². The minimum atomic E-state index is -1.40. The van der Waals surface area contributed by atoms with Crippen molar-refractivity contribution in [1.29, 1.82) is 0 Å². The Morgan fingerprint density at radius 3 is 2.66 bits per heavy atom. The molecule has 3 fully saturated rings. The Morgan fingerprint density at radius 1 is 1.17 bits per heavy atom. The van der Waals surface area contributed by atoms with E-state index in [-0.39, 0.29) is 30.9 Å². The summed E-state index contributed by atoms with van der Waals surface area (Å²) < 4.78 is 49.2. The van der Waals surface area contributed by atoms with Crippen LogP contribution in [0.1, 0.15) is 30.8 Å². The van der Waals surface area contributed by atoms with Crippen molar-refractivity contribution in [1.82, 2.24) is 15.1 Å². The fourth-order valence-electron chi connectivity index (χ4n) is 5.93. The largest absolute Gasteiger partial charge is 0.491 e. The lowest BCUT2D eigenvalue weighted by atomic mass is 10.0. The van der Waals surface area contributed by atoms with Gasteiger partial charge in [-0.2, -0.15) is 0 Å². The van der Waals surface area contributed by atoms with Gasteiger partial charge in [0.25, 0.3) is 5.91 Å². The van der Waals surface area contributed by atoms with Crippen molar-refractivity contribution in [3.8, 4) is 5.75 Å². The SMILES string of the molecule is COC1(OC)COC2C1N(C(=O)C(CC(C)C)NC(=O)c1cc3cc(OCC4CN(C)CCO4)ccc3o1)C[C@@H]2F. The highest BCUT2D eigenvalue weighted by Crippen LogP contribution is 2.40.